The zero-order valence-electron chi connectivity index (χ0n) is 26.6. The molecule has 7 aromatic rings. The molecule has 0 radical (unpaired) electrons. The lowest BCUT2D eigenvalue weighted by molar-refractivity contribution is 1.61. The highest BCUT2D eigenvalue weighted by atomic mass is 35.5. The van der Waals surface area contributed by atoms with Crippen molar-refractivity contribution in [3.8, 4) is 33.4 Å². The molecule has 0 fully saturated rings. The number of hydrogen-bond acceptors (Lipinski definition) is 0. The highest BCUT2D eigenvalue weighted by Crippen LogP contribution is 2.34. The van der Waals surface area contributed by atoms with Gasteiger partial charge in [-0.05, 0) is 108 Å². The van der Waals surface area contributed by atoms with Crippen molar-refractivity contribution in [2.45, 2.75) is 0 Å². The lowest BCUT2D eigenvalue weighted by Crippen LogP contribution is -1.85. The van der Waals surface area contributed by atoms with E-state index < -0.39 is 24.2 Å². The Kier molecular flexibility index (Phi) is 3.78. The van der Waals surface area contributed by atoms with Gasteiger partial charge < -0.3 is 0 Å². The van der Waals surface area contributed by atoms with Crippen molar-refractivity contribution in [2.75, 3.05) is 0 Å². The van der Waals surface area contributed by atoms with Gasteiger partial charge in [0.15, 0.2) is 0 Å². The lowest BCUT2D eigenvalue weighted by Gasteiger charge is -2.11. The van der Waals surface area contributed by atoms with E-state index in [2.05, 4.69) is 60.7 Å². The van der Waals surface area contributed by atoms with Crippen molar-refractivity contribution in [2.24, 2.45) is 0 Å². The summed E-state index contributed by atoms with van der Waals surface area (Å²) in [5.74, 6) is 0. The molecule has 0 spiro atoms. The van der Waals surface area contributed by atoms with Crippen molar-refractivity contribution >= 4 is 43.9 Å². The number of halogens is 1. The van der Waals surface area contributed by atoms with E-state index in [0.29, 0.717) is 10.6 Å². The van der Waals surface area contributed by atoms with Gasteiger partial charge in [-0.15, -0.1) is 0 Å². The van der Waals surface area contributed by atoms with Gasteiger partial charge in [0.2, 0.25) is 0 Å². The van der Waals surface area contributed by atoms with Crippen LogP contribution in [0.3, 0.4) is 0 Å². The highest BCUT2D eigenvalue weighted by molar-refractivity contribution is 6.31. The summed E-state index contributed by atoms with van der Waals surface area (Å²) >= 11 is 6.57. The van der Waals surface area contributed by atoms with Crippen molar-refractivity contribution < 1.29 is 9.60 Å². The third kappa shape index (κ3) is 4.16. The third-order valence-electron chi connectivity index (χ3n) is 6.69. The monoisotopic (exact) mass is 497 g/mol. The Hall–Kier alpha value is -4.39. The molecule has 0 saturated heterocycles. The molecule has 0 aromatic heterocycles. The van der Waals surface area contributed by atoms with Crippen molar-refractivity contribution in [1.29, 1.82) is 0 Å². The van der Waals surface area contributed by atoms with E-state index >= 15 is 0 Å². The Morgan fingerprint density at radius 3 is 1.65 bits per heavy atom. The molecule has 0 aliphatic heterocycles. The molecular formula is C36H23Cl. The molecule has 0 bridgehead atoms. The second-order valence-corrected chi connectivity index (χ2v) is 9.50. The fraction of sp³-hybridized carbons (Fsp3) is 0. The first-order valence-electron chi connectivity index (χ1n) is 15.5. The number of rotatable bonds is 3. The Morgan fingerprint density at radius 2 is 0.946 bits per heavy atom. The molecule has 1 heteroatoms. The summed E-state index contributed by atoms with van der Waals surface area (Å²) in [7, 11) is 0. The lowest BCUT2D eigenvalue weighted by atomic mass is 9.94. The van der Waals surface area contributed by atoms with Gasteiger partial charge in [-0.3, -0.25) is 0 Å². The maximum atomic E-state index is 8.91. The van der Waals surface area contributed by atoms with Gasteiger partial charge in [0.1, 0.15) is 0 Å². The van der Waals surface area contributed by atoms with Crippen molar-refractivity contribution in [3.05, 3.63) is 144 Å². The number of fused-ring (bicyclic) bond motifs is 3. The average molecular weight is 498 g/mol. The summed E-state index contributed by atoms with van der Waals surface area (Å²) in [4.78, 5) is 0. The molecule has 7 rings (SSSR count). The normalized spacial score (nSPS) is 14.0. The minimum absolute atomic E-state index is 0.0820. The summed E-state index contributed by atoms with van der Waals surface area (Å²) in [5.41, 5.74) is 4.42. The Bertz CT molecular complexity index is 2330. The summed E-state index contributed by atoms with van der Waals surface area (Å²) in [5, 5.41) is 4.66. The molecule has 0 N–H and O–H groups in total. The summed E-state index contributed by atoms with van der Waals surface area (Å²) < 4.78 is 59.0. The van der Waals surface area contributed by atoms with Gasteiger partial charge >= 0.3 is 0 Å². The van der Waals surface area contributed by atoms with Crippen LogP contribution in [-0.2, 0) is 0 Å². The van der Waals surface area contributed by atoms with Crippen LogP contribution in [0.4, 0.5) is 0 Å². The van der Waals surface area contributed by atoms with Crippen LogP contribution >= 0.6 is 11.6 Å². The standard InChI is InChI=1S/C36H23Cl/c37-36-22-34(32-12-10-25-6-2-4-8-27(25)18-32)21-35(23-36)33-16-15-30-19-29(13-14-31(30)20-33)28-11-9-24-5-1-3-7-26(24)17-28/h1-23H/i2D,4D,6D,8D,10D,12D,18D. The Balaban J connectivity index is 1.33. The van der Waals surface area contributed by atoms with Crippen LogP contribution in [0.5, 0.6) is 0 Å². The fourth-order valence-corrected chi connectivity index (χ4v) is 5.04. The van der Waals surface area contributed by atoms with Crippen LogP contribution in [-0.4, -0.2) is 0 Å². The molecule has 0 aliphatic carbocycles. The molecule has 0 aliphatic rings. The van der Waals surface area contributed by atoms with Gasteiger partial charge in [-0.2, -0.15) is 0 Å². The van der Waals surface area contributed by atoms with E-state index in [0.717, 1.165) is 33.0 Å². The summed E-state index contributed by atoms with van der Waals surface area (Å²) in [6.07, 6.45) is 0. The van der Waals surface area contributed by atoms with E-state index in [1.54, 1.807) is 18.2 Å². The molecule has 0 heterocycles. The average Bonchev–Trinajstić information content (AvgIpc) is 3.03. The molecule has 0 nitrogen and oxygen atoms in total. The molecule has 174 valence electrons. The second-order valence-electron chi connectivity index (χ2n) is 9.07. The van der Waals surface area contributed by atoms with Crippen LogP contribution in [0.2, 0.25) is 5.02 Å². The summed E-state index contributed by atoms with van der Waals surface area (Å²) in [6.45, 7) is 0. The van der Waals surface area contributed by atoms with Gasteiger partial charge in [0, 0.05) is 5.02 Å². The van der Waals surface area contributed by atoms with Gasteiger partial charge in [-0.25, -0.2) is 0 Å². The first kappa shape index (κ1) is 15.7. The summed E-state index contributed by atoms with van der Waals surface area (Å²) in [6, 6.07) is 29.8. The Labute approximate surface area is 231 Å². The van der Waals surface area contributed by atoms with Crippen LogP contribution in [0.15, 0.2) is 139 Å². The van der Waals surface area contributed by atoms with Gasteiger partial charge in [-0.1, -0.05) is 109 Å². The molecule has 0 unspecified atom stereocenters. The van der Waals surface area contributed by atoms with E-state index in [9.17, 15) is 0 Å². The fourth-order valence-electron chi connectivity index (χ4n) is 4.80. The molecular weight excluding hydrogens is 468 g/mol. The second kappa shape index (κ2) is 8.92. The van der Waals surface area contributed by atoms with Gasteiger partial charge in [0.25, 0.3) is 0 Å². The smallest absolute Gasteiger partial charge is 0.0636 e. The zero-order valence-corrected chi connectivity index (χ0v) is 20.4. The molecule has 0 amide bonds. The first-order chi connectivity index (χ1) is 21.1. The van der Waals surface area contributed by atoms with E-state index in [-0.39, 0.29) is 34.5 Å². The predicted molar refractivity (Wildman–Crippen MR) is 160 cm³/mol. The van der Waals surface area contributed by atoms with Crippen LogP contribution in [0.25, 0.3) is 65.7 Å². The maximum absolute atomic E-state index is 8.91. The third-order valence-corrected chi connectivity index (χ3v) is 6.91. The van der Waals surface area contributed by atoms with Crippen molar-refractivity contribution in [1.82, 2.24) is 0 Å². The minimum atomic E-state index is -0.492. The van der Waals surface area contributed by atoms with E-state index in [4.69, 9.17) is 21.2 Å². The Morgan fingerprint density at radius 1 is 0.405 bits per heavy atom. The molecule has 37 heavy (non-hydrogen) atoms. The largest absolute Gasteiger partial charge is 0.0843 e. The van der Waals surface area contributed by atoms with Gasteiger partial charge in [0.05, 0.1) is 9.60 Å². The molecule has 0 atom stereocenters. The van der Waals surface area contributed by atoms with Crippen LogP contribution in [0, 0.1) is 0 Å². The molecule has 0 saturated carbocycles. The number of hydrogen-bond donors (Lipinski definition) is 0. The zero-order chi connectivity index (χ0) is 30.9. The topological polar surface area (TPSA) is 0 Å². The minimum Gasteiger partial charge on any atom is -0.0843 e. The van der Waals surface area contributed by atoms with E-state index in [1.165, 1.54) is 10.8 Å². The van der Waals surface area contributed by atoms with Crippen LogP contribution < -0.4 is 0 Å². The first-order valence-corrected chi connectivity index (χ1v) is 12.3. The van der Waals surface area contributed by atoms with Crippen LogP contribution in [0.1, 0.15) is 9.60 Å². The molecule has 7 aromatic carbocycles. The van der Waals surface area contributed by atoms with E-state index in [1.807, 2.05) is 18.2 Å². The maximum Gasteiger partial charge on any atom is 0.0636 e. The highest BCUT2D eigenvalue weighted by Gasteiger charge is 2.08. The quantitative estimate of drug-likeness (QED) is 0.227. The van der Waals surface area contributed by atoms with Crippen molar-refractivity contribution in [3.63, 3.8) is 0 Å². The SMILES string of the molecule is [2H]c1c([2H])c([2H])c2c([2H])c(-c3cc(Cl)cc(-c4ccc5cc(-c6ccc7ccccc7c6)ccc5c4)c3)c([2H])c([2H])c2c1[2H]. The number of benzene rings is 7. The predicted octanol–water partition coefficient (Wildman–Crippen LogP) is 10.8.